The summed E-state index contributed by atoms with van der Waals surface area (Å²) in [4.78, 5) is 3.73. The largest absolute Gasteiger partial charge is 0.503 e. The summed E-state index contributed by atoms with van der Waals surface area (Å²) in [5.74, 6) is 0. The van der Waals surface area contributed by atoms with Gasteiger partial charge in [-0.15, -0.1) is 0 Å². The van der Waals surface area contributed by atoms with Crippen molar-refractivity contribution in [3.8, 4) is 0 Å². The number of hydrogen-bond acceptors (Lipinski definition) is 1. The molecule has 1 heterocycles. The molecule has 0 aliphatic carbocycles. The summed E-state index contributed by atoms with van der Waals surface area (Å²) >= 11 is 0. The summed E-state index contributed by atoms with van der Waals surface area (Å²) in [7, 11) is 1.88. The number of nitrogens with zero attached hydrogens (tertiary/aromatic N) is 2. The van der Waals surface area contributed by atoms with Crippen LogP contribution in [0.1, 0.15) is 0 Å². The van der Waals surface area contributed by atoms with Gasteiger partial charge in [-0.2, -0.15) is 6.20 Å². The molecule has 1 radical (unpaired) electrons. The van der Waals surface area contributed by atoms with Gasteiger partial charge in [0.15, 0.2) is 0 Å². The third-order valence-electron chi connectivity index (χ3n) is 0.576. The smallest absolute Gasteiger partial charge is 0 e. The molecule has 0 fully saturated rings. The van der Waals surface area contributed by atoms with Gasteiger partial charge >= 0.3 is 0 Å². The van der Waals surface area contributed by atoms with Gasteiger partial charge in [0.1, 0.15) is 0 Å². The van der Waals surface area contributed by atoms with Crippen LogP contribution in [0.2, 0.25) is 0 Å². The molecule has 1 rings (SSSR count). The Hall–Kier alpha value is 0.314. The maximum atomic E-state index is 3.73. The molecule has 0 saturated carbocycles. The van der Waals surface area contributed by atoms with E-state index in [4.69, 9.17) is 0 Å². The summed E-state index contributed by atoms with van der Waals surface area (Å²) in [5, 5.41) is 0. The third kappa shape index (κ3) is 3.33. The van der Waals surface area contributed by atoms with Crippen molar-refractivity contribution in [1.29, 1.82) is 0 Å². The van der Waals surface area contributed by atoms with Crippen LogP contribution in [0.5, 0.6) is 0 Å². The standard InChI is InChI=1S/C4H5N2.CH3.Y/c1-6-3-2-5-4-6;;/h2,4H,1H3;1H3;/q2*-1;. The van der Waals surface area contributed by atoms with E-state index in [1.165, 1.54) is 0 Å². The Balaban J connectivity index is 0. The van der Waals surface area contributed by atoms with Crippen LogP contribution < -0.4 is 0 Å². The van der Waals surface area contributed by atoms with Gasteiger partial charge in [-0.05, 0) is 7.05 Å². The molecule has 3 heteroatoms. The summed E-state index contributed by atoms with van der Waals surface area (Å²) in [5.41, 5.74) is 0. The normalized spacial score (nSPS) is 6.62. The predicted octanol–water partition coefficient (Wildman–Crippen LogP) is 0.668. The van der Waals surface area contributed by atoms with Gasteiger partial charge in [-0.3, -0.25) is 0 Å². The Bertz CT molecular complexity index is 114. The van der Waals surface area contributed by atoms with Gasteiger partial charge in [0.2, 0.25) is 0 Å². The minimum atomic E-state index is 0. The third-order valence-corrected chi connectivity index (χ3v) is 0.576. The van der Waals surface area contributed by atoms with Crippen molar-refractivity contribution in [2.24, 2.45) is 7.05 Å². The number of hydrogen-bond donors (Lipinski definition) is 0. The van der Waals surface area contributed by atoms with Crippen molar-refractivity contribution >= 4 is 0 Å². The molecule has 0 bridgehead atoms. The van der Waals surface area contributed by atoms with Crippen LogP contribution >= 0.6 is 0 Å². The molecule has 0 aliphatic rings. The summed E-state index contributed by atoms with van der Waals surface area (Å²) in [6.45, 7) is 0. The molecule has 0 aliphatic heterocycles. The topological polar surface area (TPSA) is 17.8 Å². The van der Waals surface area contributed by atoms with Crippen LogP contribution in [0, 0.1) is 13.6 Å². The maximum Gasteiger partial charge on any atom is 0 e. The van der Waals surface area contributed by atoms with Crippen LogP contribution in [-0.2, 0) is 39.8 Å². The molecule has 0 amide bonds. The van der Waals surface area contributed by atoms with E-state index in [1.807, 2.05) is 7.05 Å². The molecule has 0 unspecified atom stereocenters. The van der Waals surface area contributed by atoms with E-state index >= 15 is 0 Å². The van der Waals surface area contributed by atoms with Gasteiger partial charge < -0.3 is 17.0 Å². The molecule has 0 aromatic carbocycles. The van der Waals surface area contributed by atoms with Crippen LogP contribution in [0.25, 0.3) is 0 Å². The number of rotatable bonds is 0. The first-order valence-electron chi connectivity index (χ1n) is 1.73. The van der Waals surface area contributed by atoms with Crippen molar-refractivity contribution in [2.75, 3.05) is 0 Å². The van der Waals surface area contributed by atoms with E-state index in [9.17, 15) is 0 Å². The molecule has 43 valence electrons. The van der Waals surface area contributed by atoms with E-state index in [0.29, 0.717) is 0 Å². The zero-order valence-electron chi connectivity index (χ0n) is 5.13. The fourth-order valence-electron chi connectivity index (χ4n) is 0.291. The first-order valence-corrected chi connectivity index (χ1v) is 1.73. The molecule has 1 aromatic heterocycles. The summed E-state index contributed by atoms with van der Waals surface area (Å²) < 4.78 is 1.76. The molecular weight excluding hydrogens is 177 g/mol. The van der Waals surface area contributed by atoms with Crippen molar-refractivity contribution in [3.63, 3.8) is 0 Å². The fourth-order valence-corrected chi connectivity index (χ4v) is 0.291. The molecule has 1 aromatic rings. The Morgan fingerprint density at radius 1 is 1.62 bits per heavy atom. The van der Waals surface area contributed by atoms with E-state index in [-0.39, 0.29) is 40.1 Å². The Labute approximate surface area is 75.2 Å². The minimum Gasteiger partial charge on any atom is -0.503 e. The average molecular weight is 185 g/mol. The van der Waals surface area contributed by atoms with E-state index < -0.39 is 0 Å². The second kappa shape index (κ2) is 5.45. The minimum absolute atomic E-state index is 0. The molecule has 8 heavy (non-hydrogen) atoms. The number of imidazole rings is 1. The summed E-state index contributed by atoms with van der Waals surface area (Å²) in [6, 6.07) is 0. The Morgan fingerprint density at radius 2 is 2.25 bits per heavy atom. The maximum absolute atomic E-state index is 3.73. The second-order valence-electron chi connectivity index (χ2n) is 1.13. The summed E-state index contributed by atoms with van der Waals surface area (Å²) in [6.07, 6.45) is 6.12. The van der Waals surface area contributed by atoms with Crippen LogP contribution in [0.3, 0.4) is 0 Å². The number of aromatic nitrogens is 2. The van der Waals surface area contributed by atoms with Gasteiger partial charge in [-0.25, -0.2) is 0 Å². The monoisotopic (exact) mass is 185 g/mol. The van der Waals surface area contributed by atoms with Crippen molar-refractivity contribution in [2.45, 2.75) is 0 Å². The van der Waals surface area contributed by atoms with Crippen molar-refractivity contribution in [3.05, 3.63) is 26.1 Å². The van der Waals surface area contributed by atoms with E-state index in [1.54, 1.807) is 17.1 Å². The van der Waals surface area contributed by atoms with Crippen LogP contribution in [-0.4, -0.2) is 9.55 Å². The SMILES string of the molecule is Cn1[c-]cnc1.[CH3-].[Y]. The molecule has 0 atom stereocenters. The quantitative estimate of drug-likeness (QED) is 0.543. The van der Waals surface area contributed by atoms with Gasteiger partial charge in [0.05, 0.1) is 0 Å². The molecule has 0 spiro atoms. The first kappa shape index (κ1) is 11.2. The number of aryl methyl sites for hydroxylation is 1. The van der Waals surface area contributed by atoms with Crippen molar-refractivity contribution in [1.82, 2.24) is 9.55 Å². The molecule has 0 saturated heterocycles. The molecule has 2 nitrogen and oxygen atoms in total. The second-order valence-corrected chi connectivity index (χ2v) is 1.13. The average Bonchev–Trinajstić information content (AvgIpc) is 1.86. The van der Waals surface area contributed by atoms with Crippen LogP contribution in [0.4, 0.5) is 0 Å². The van der Waals surface area contributed by atoms with E-state index in [0.717, 1.165) is 0 Å². The van der Waals surface area contributed by atoms with Crippen LogP contribution in [0.15, 0.2) is 12.5 Å². The van der Waals surface area contributed by atoms with Gasteiger partial charge in [0.25, 0.3) is 0 Å². The van der Waals surface area contributed by atoms with Crippen molar-refractivity contribution < 1.29 is 32.7 Å². The van der Waals surface area contributed by atoms with Gasteiger partial charge in [-0.1, -0.05) is 12.5 Å². The molecular formula is C5H8N2Y-2. The zero-order valence-corrected chi connectivity index (χ0v) is 7.96. The fraction of sp³-hybridized carbons (Fsp3) is 0.200. The van der Waals surface area contributed by atoms with E-state index in [2.05, 4.69) is 11.2 Å². The predicted molar refractivity (Wildman–Crippen MR) is 28.5 cm³/mol. The zero-order chi connectivity index (χ0) is 4.41. The Kier molecular flexibility index (Phi) is 7.60. The first-order chi connectivity index (χ1) is 2.89. The molecule has 0 N–H and O–H groups in total. The Morgan fingerprint density at radius 3 is 2.38 bits per heavy atom. The van der Waals surface area contributed by atoms with Gasteiger partial charge in [0, 0.05) is 32.7 Å².